The van der Waals surface area contributed by atoms with Gasteiger partial charge in [0.25, 0.3) is 10.0 Å². The van der Waals surface area contributed by atoms with Crippen LogP contribution in [0.1, 0.15) is 19.4 Å². The molecule has 0 aromatic heterocycles. The van der Waals surface area contributed by atoms with Crippen molar-refractivity contribution in [2.75, 3.05) is 14.2 Å². The lowest BCUT2D eigenvalue weighted by atomic mass is 10.2. The third-order valence-electron chi connectivity index (χ3n) is 3.30. The number of methoxy groups -OCH3 is 2. The zero-order valence-corrected chi connectivity index (χ0v) is 15.9. The summed E-state index contributed by atoms with van der Waals surface area (Å²) in [5, 5.41) is 3.81. The lowest BCUT2D eigenvalue weighted by Crippen LogP contribution is -2.19. The van der Waals surface area contributed by atoms with E-state index in [4.69, 9.17) is 14.2 Å². The number of hydrazone groups is 1. The van der Waals surface area contributed by atoms with E-state index in [9.17, 15) is 8.42 Å². The second kappa shape index (κ2) is 8.57. The summed E-state index contributed by atoms with van der Waals surface area (Å²) in [5.74, 6) is 1.33. The minimum atomic E-state index is -3.91. The summed E-state index contributed by atoms with van der Waals surface area (Å²) in [6.45, 7) is 3.88. The lowest BCUT2D eigenvalue weighted by molar-refractivity contribution is 0.242. The first-order valence-corrected chi connectivity index (χ1v) is 9.37. The maximum absolute atomic E-state index is 12.5. The molecule has 0 aliphatic rings. The van der Waals surface area contributed by atoms with Gasteiger partial charge in [-0.05, 0) is 55.8 Å². The van der Waals surface area contributed by atoms with E-state index in [1.807, 2.05) is 13.8 Å². The number of rotatable bonds is 8. The summed E-state index contributed by atoms with van der Waals surface area (Å²) in [4.78, 5) is 2.11. The van der Waals surface area contributed by atoms with Crippen LogP contribution in [0.5, 0.6) is 17.2 Å². The molecule has 0 radical (unpaired) electrons. The number of benzene rings is 2. The number of ether oxygens (including phenoxy) is 3. The fourth-order valence-corrected chi connectivity index (χ4v) is 3.10. The third-order valence-corrected chi connectivity index (χ3v) is 4.54. The van der Waals surface area contributed by atoms with Gasteiger partial charge in [-0.25, -0.2) is 0 Å². The largest absolute Gasteiger partial charge is 0.497 e. The molecule has 0 atom stereocenters. The Labute approximate surface area is 153 Å². The topological polar surface area (TPSA) is 86.2 Å². The van der Waals surface area contributed by atoms with Gasteiger partial charge < -0.3 is 14.2 Å². The monoisotopic (exact) mass is 378 g/mol. The predicted octanol–water partition coefficient (Wildman–Crippen LogP) is 2.80. The van der Waals surface area contributed by atoms with Crippen molar-refractivity contribution < 1.29 is 22.6 Å². The number of hydrogen-bond acceptors (Lipinski definition) is 6. The molecule has 26 heavy (non-hydrogen) atoms. The van der Waals surface area contributed by atoms with Gasteiger partial charge in [0.2, 0.25) is 0 Å². The highest BCUT2D eigenvalue weighted by atomic mass is 32.2. The van der Waals surface area contributed by atoms with Gasteiger partial charge in [0.15, 0.2) is 0 Å². The number of nitrogens with one attached hydrogen (secondary N) is 1. The SMILES string of the molecule is COc1ccc(OC)c(S(=O)(=O)N/N=C/c2ccc(OC(C)C)cc2)c1. The highest BCUT2D eigenvalue weighted by Gasteiger charge is 2.19. The molecule has 1 N–H and O–H groups in total. The van der Waals surface area contributed by atoms with Crippen LogP contribution in [-0.2, 0) is 10.0 Å². The van der Waals surface area contributed by atoms with Gasteiger partial charge >= 0.3 is 0 Å². The summed E-state index contributed by atoms with van der Waals surface area (Å²) in [5.41, 5.74) is 0.724. The summed E-state index contributed by atoms with van der Waals surface area (Å²) in [7, 11) is -1.06. The van der Waals surface area contributed by atoms with Crippen LogP contribution in [0.4, 0.5) is 0 Å². The van der Waals surface area contributed by atoms with E-state index in [-0.39, 0.29) is 16.7 Å². The normalized spacial score (nSPS) is 11.6. The zero-order valence-electron chi connectivity index (χ0n) is 15.1. The van der Waals surface area contributed by atoms with Crippen molar-refractivity contribution in [2.24, 2.45) is 5.10 Å². The molecule has 8 heteroatoms. The van der Waals surface area contributed by atoms with Gasteiger partial charge in [-0.3, -0.25) is 0 Å². The molecule has 0 aliphatic carbocycles. The standard InChI is InChI=1S/C18H22N2O5S/c1-13(2)25-15-7-5-14(6-8-15)12-19-20-26(21,22)18-11-16(23-3)9-10-17(18)24-4/h5-13,20H,1-4H3/b19-12+. The molecule has 0 saturated carbocycles. The van der Waals surface area contributed by atoms with E-state index in [1.165, 1.54) is 32.6 Å². The van der Waals surface area contributed by atoms with Crippen LogP contribution in [0.25, 0.3) is 0 Å². The minimum absolute atomic E-state index is 0.0582. The Morgan fingerprint density at radius 3 is 2.23 bits per heavy atom. The second-order valence-corrected chi connectivity index (χ2v) is 7.23. The van der Waals surface area contributed by atoms with Gasteiger partial charge in [0, 0.05) is 6.07 Å². The molecule has 0 fully saturated rings. The highest BCUT2D eigenvalue weighted by molar-refractivity contribution is 7.89. The molecular weight excluding hydrogens is 356 g/mol. The molecule has 2 rings (SSSR count). The van der Waals surface area contributed by atoms with Crippen LogP contribution in [0.2, 0.25) is 0 Å². The highest BCUT2D eigenvalue weighted by Crippen LogP contribution is 2.27. The number of sulfonamides is 1. The zero-order chi connectivity index (χ0) is 19.2. The average molecular weight is 378 g/mol. The molecule has 0 aliphatic heterocycles. The molecule has 2 aromatic carbocycles. The molecule has 0 spiro atoms. The van der Waals surface area contributed by atoms with Crippen molar-refractivity contribution in [3.05, 3.63) is 48.0 Å². The first kappa shape index (κ1) is 19.6. The lowest BCUT2D eigenvalue weighted by Gasteiger charge is -2.10. The van der Waals surface area contributed by atoms with Crippen molar-refractivity contribution >= 4 is 16.2 Å². The van der Waals surface area contributed by atoms with E-state index < -0.39 is 10.0 Å². The fourth-order valence-electron chi connectivity index (χ4n) is 2.12. The first-order chi connectivity index (χ1) is 12.4. The van der Waals surface area contributed by atoms with E-state index in [0.29, 0.717) is 5.75 Å². The molecule has 0 unspecified atom stereocenters. The van der Waals surface area contributed by atoms with Crippen molar-refractivity contribution in [1.82, 2.24) is 4.83 Å². The average Bonchev–Trinajstić information content (AvgIpc) is 2.62. The van der Waals surface area contributed by atoms with Crippen LogP contribution in [0.15, 0.2) is 52.5 Å². The van der Waals surface area contributed by atoms with Crippen LogP contribution < -0.4 is 19.0 Å². The van der Waals surface area contributed by atoms with Crippen molar-refractivity contribution in [3.8, 4) is 17.2 Å². The number of hydrogen-bond donors (Lipinski definition) is 1. The Balaban J connectivity index is 2.14. The Morgan fingerprint density at radius 1 is 1.00 bits per heavy atom. The molecule has 7 nitrogen and oxygen atoms in total. The molecule has 140 valence electrons. The second-order valence-electron chi connectivity index (χ2n) is 5.61. The van der Waals surface area contributed by atoms with Crippen LogP contribution in [0.3, 0.4) is 0 Å². The maximum Gasteiger partial charge on any atom is 0.280 e. The van der Waals surface area contributed by atoms with Gasteiger partial charge in [-0.15, -0.1) is 0 Å². The molecule has 0 saturated heterocycles. The summed E-state index contributed by atoms with van der Waals surface area (Å²) in [6, 6.07) is 11.6. The van der Waals surface area contributed by atoms with Crippen molar-refractivity contribution in [1.29, 1.82) is 0 Å². The molecule has 0 bridgehead atoms. The van der Waals surface area contributed by atoms with Crippen molar-refractivity contribution in [3.63, 3.8) is 0 Å². The Morgan fingerprint density at radius 2 is 1.65 bits per heavy atom. The van der Waals surface area contributed by atoms with E-state index in [1.54, 1.807) is 30.3 Å². The summed E-state index contributed by atoms with van der Waals surface area (Å²) < 4.78 is 40.6. The third kappa shape index (κ3) is 5.13. The predicted molar refractivity (Wildman–Crippen MR) is 99.7 cm³/mol. The first-order valence-electron chi connectivity index (χ1n) is 7.89. The van der Waals surface area contributed by atoms with Crippen LogP contribution in [0, 0.1) is 0 Å². The van der Waals surface area contributed by atoms with E-state index in [2.05, 4.69) is 9.93 Å². The molecule has 0 amide bonds. The van der Waals surface area contributed by atoms with E-state index >= 15 is 0 Å². The van der Waals surface area contributed by atoms with E-state index in [0.717, 1.165) is 11.3 Å². The Kier molecular flexibility index (Phi) is 6.46. The van der Waals surface area contributed by atoms with Crippen LogP contribution >= 0.6 is 0 Å². The fraction of sp³-hybridized carbons (Fsp3) is 0.278. The van der Waals surface area contributed by atoms with Gasteiger partial charge in [0.05, 0.1) is 26.5 Å². The Bertz CT molecular complexity index is 862. The van der Waals surface area contributed by atoms with Gasteiger partial charge in [-0.1, -0.05) is 0 Å². The molecule has 0 heterocycles. The summed E-state index contributed by atoms with van der Waals surface area (Å²) >= 11 is 0. The van der Waals surface area contributed by atoms with Crippen LogP contribution in [-0.4, -0.2) is 35.0 Å². The molecule has 2 aromatic rings. The van der Waals surface area contributed by atoms with Crippen molar-refractivity contribution in [2.45, 2.75) is 24.8 Å². The van der Waals surface area contributed by atoms with Gasteiger partial charge in [0.1, 0.15) is 22.1 Å². The quantitative estimate of drug-likeness (QED) is 0.564. The van der Waals surface area contributed by atoms with Gasteiger partial charge in [-0.2, -0.15) is 18.4 Å². The minimum Gasteiger partial charge on any atom is -0.497 e. The number of nitrogens with zero attached hydrogens (tertiary/aromatic N) is 1. The maximum atomic E-state index is 12.5. The smallest absolute Gasteiger partial charge is 0.280 e. The summed E-state index contributed by atoms with van der Waals surface area (Å²) in [6.07, 6.45) is 1.49. The Hall–Kier alpha value is -2.74. The molecular formula is C18H22N2O5S.